The average Bonchev–Trinajstić information content (AvgIpc) is 3.43. The Morgan fingerprint density at radius 2 is 2.08 bits per heavy atom. The van der Waals surface area contributed by atoms with Crippen LogP contribution in [0.5, 0.6) is 11.5 Å². The third-order valence-corrected chi connectivity index (χ3v) is 7.44. The van der Waals surface area contributed by atoms with Gasteiger partial charge in [0.1, 0.15) is 17.4 Å². The molecule has 0 aliphatic heterocycles. The number of fused-ring (bicyclic) bond motifs is 1. The van der Waals surface area contributed by atoms with E-state index in [1.54, 1.807) is 31.5 Å². The van der Waals surface area contributed by atoms with E-state index in [-0.39, 0.29) is 18.0 Å². The summed E-state index contributed by atoms with van der Waals surface area (Å²) in [5.74, 6) is 1.70. The van der Waals surface area contributed by atoms with E-state index in [1.807, 2.05) is 23.9 Å². The van der Waals surface area contributed by atoms with Crippen LogP contribution < -0.4 is 10.1 Å². The molecule has 1 saturated carbocycles. The number of hydrogen-bond acceptors (Lipinski definition) is 7. The lowest BCUT2D eigenvalue weighted by Gasteiger charge is -2.09. The standard InChI is InChI=1S/C27H29FN4O3S/c1-32-19(15-29-9-10-34-2)16-31-27(32)25-14-22-26(36-25)24(7-8-30-22)35-23-6-5-18(13-21(23)28)12-20(33)11-17-3-4-17/h5-8,13-14,16-17,29H,3-4,9-12,15H2,1-2H3. The van der Waals surface area contributed by atoms with Gasteiger partial charge in [-0.1, -0.05) is 6.07 Å². The van der Waals surface area contributed by atoms with E-state index in [4.69, 9.17) is 9.47 Å². The molecule has 7 nitrogen and oxygen atoms in total. The maximum Gasteiger partial charge on any atom is 0.166 e. The Morgan fingerprint density at radius 1 is 1.22 bits per heavy atom. The van der Waals surface area contributed by atoms with Gasteiger partial charge in [-0.3, -0.25) is 9.78 Å². The fourth-order valence-corrected chi connectivity index (χ4v) is 5.23. The van der Waals surface area contributed by atoms with E-state index in [2.05, 4.69) is 15.3 Å². The first-order valence-corrected chi connectivity index (χ1v) is 12.9. The van der Waals surface area contributed by atoms with Crippen LogP contribution in [0.25, 0.3) is 20.9 Å². The van der Waals surface area contributed by atoms with Crippen LogP contribution >= 0.6 is 11.3 Å². The van der Waals surface area contributed by atoms with Gasteiger partial charge in [0.2, 0.25) is 0 Å². The summed E-state index contributed by atoms with van der Waals surface area (Å²) in [6, 6.07) is 8.46. The number of rotatable bonds is 12. The van der Waals surface area contributed by atoms with E-state index in [0.717, 1.165) is 46.0 Å². The second kappa shape index (κ2) is 10.9. The Labute approximate surface area is 213 Å². The number of pyridine rings is 1. The zero-order valence-corrected chi connectivity index (χ0v) is 21.2. The molecule has 9 heteroatoms. The van der Waals surface area contributed by atoms with Gasteiger partial charge in [0.15, 0.2) is 11.6 Å². The van der Waals surface area contributed by atoms with Gasteiger partial charge in [0, 0.05) is 52.4 Å². The van der Waals surface area contributed by atoms with E-state index in [9.17, 15) is 9.18 Å². The molecule has 4 aromatic rings. The molecule has 1 N–H and O–H groups in total. The molecule has 0 unspecified atom stereocenters. The number of benzene rings is 1. The normalized spacial score (nSPS) is 13.4. The Bertz CT molecular complexity index is 1380. The Morgan fingerprint density at radius 3 is 2.86 bits per heavy atom. The van der Waals surface area contributed by atoms with Gasteiger partial charge < -0.3 is 19.4 Å². The van der Waals surface area contributed by atoms with Crippen molar-refractivity contribution in [1.82, 2.24) is 19.9 Å². The van der Waals surface area contributed by atoms with E-state index in [1.165, 1.54) is 17.4 Å². The second-order valence-corrected chi connectivity index (χ2v) is 10.2. The number of carbonyl (C=O) groups is 1. The number of ether oxygens (including phenoxy) is 2. The number of nitrogens with one attached hydrogen (secondary N) is 1. The lowest BCUT2D eigenvalue weighted by Crippen LogP contribution is -2.20. The Balaban J connectivity index is 1.32. The van der Waals surface area contributed by atoms with Crippen LogP contribution in [-0.4, -0.2) is 40.6 Å². The highest BCUT2D eigenvalue weighted by atomic mass is 32.1. The fraction of sp³-hybridized carbons (Fsp3) is 0.370. The minimum absolute atomic E-state index is 0.122. The average molecular weight is 509 g/mol. The largest absolute Gasteiger partial charge is 0.453 e. The van der Waals surface area contributed by atoms with Gasteiger partial charge in [-0.05, 0) is 42.5 Å². The lowest BCUT2D eigenvalue weighted by atomic mass is 10.0. The van der Waals surface area contributed by atoms with Crippen molar-refractivity contribution in [2.45, 2.75) is 32.2 Å². The second-order valence-electron chi connectivity index (χ2n) is 9.17. The molecule has 1 aromatic carbocycles. The molecule has 1 fully saturated rings. The molecule has 0 spiro atoms. The quantitative estimate of drug-likeness (QED) is 0.263. The van der Waals surface area contributed by atoms with Crippen LogP contribution in [0.3, 0.4) is 0 Å². The van der Waals surface area contributed by atoms with Gasteiger partial charge in [-0.2, -0.15) is 0 Å². The van der Waals surface area contributed by atoms with Crippen molar-refractivity contribution in [2.24, 2.45) is 13.0 Å². The number of ketones is 1. The zero-order chi connectivity index (χ0) is 25.1. The van der Waals surface area contributed by atoms with Gasteiger partial charge in [0.25, 0.3) is 0 Å². The summed E-state index contributed by atoms with van der Waals surface area (Å²) in [5, 5.41) is 3.33. The monoisotopic (exact) mass is 508 g/mol. The topological polar surface area (TPSA) is 78.3 Å². The number of carbonyl (C=O) groups excluding carboxylic acids is 1. The number of aromatic nitrogens is 3. The molecule has 5 rings (SSSR count). The maximum atomic E-state index is 14.9. The summed E-state index contributed by atoms with van der Waals surface area (Å²) in [5.41, 5.74) is 2.49. The molecular weight excluding hydrogens is 479 g/mol. The molecule has 0 radical (unpaired) electrons. The molecule has 0 bridgehead atoms. The first-order chi connectivity index (χ1) is 17.5. The zero-order valence-electron chi connectivity index (χ0n) is 20.4. The minimum Gasteiger partial charge on any atom is -0.453 e. The Hall–Kier alpha value is -3.14. The number of hydrogen-bond donors (Lipinski definition) is 1. The van der Waals surface area contributed by atoms with Gasteiger partial charge >= 0.3 is 0 Å². The van der Waals surface area contributed by atoms with E-state index in [0.29, 0.717) is 36.8 Å². The van der Waals surface area contributed by atoms with Crippen LogP contribution in [0.4, 0.5) is 4.39 Å². The predicted molar refractivity (Wildman–Crippen MR) is 138 cm³/mol. The van der Waals surface area contributed by atoms with Gasteiger partial charge in [-0.25, -0.2) is 9.37 Å². The van der Waals surface area contributed by atoms with Crippen molar-refractivity contribution < 1.29 is 18.7 Å². The number of methoxy groups -OCH3 is 1. The van der Waals surface area contributed by atoms with E-state index < -0.39 is 5.82 Å². The Kier molecular flexibility index (Phi) is 7.41. The lowest BCUT2D eigenvalue weighted by molar-refractivity contribution is -0.118. The molecule has 3 heterocycles. The molecular formula is C27H29FN4O3S. The molecule has 1 aliphatic rings. The number of nitrogens with zero attached hydrogens (tertiary/aromatic N) is 3. The summed E-state index contributed by atoms with van der Waals surface area (Å²) in [6.07, 6.45) is 6.62. The van der Waals surface area contributed by atoms with E-state index >= 15 is 0 Å². The van der Waals surface area contributed by atoms with Crippen molar-refractivity contribution in [1.29, 1.82) is 0 Å². The fourth-order valence-electron chi connectivity index (χ4n) is 4.13. The maximum absolute atomic E-state index is 14.9. The summed E-state index contributed by atoms with van der Waals surface area (Å²) >= 11 is 1.51. The third kappa shape index (κ3) is 5.64. The molecule has 188 valence electrons. The SMILES string of the molecule is COCCNCc1cnc(-c2cc3nccc(Oc4ccc(CC(=O)CC5CC5)cc4F)c3s2)n1C. The van der Waals surface area contributed by atoms with Gasteiger partial charge in [0.05, 0.1) is 33.6 Å². The highest BCUT2D eigenvalue weighted by molar-refractivity contribution is 7.22. The molecule has 3 aromatic heterocycles. The highest BCUT2D eigenvalue weighted by Gasteiger charge is 2.24. The summed E-state index contributed by atoms with van der Waals surface area (Å²) in [7, 11) is 3.66. The molecule has 0 amide bonds. The third-order valence-electron chi connectivity index (χ3n) is 6.30. The molecule has 0 saturated heterocycles. The van der Waals surface area contributed by atoms with Crippen molar-refractivity contribution in [3.8, 4) is 22.2 Å². The van der Waals surface area contributed by atoms with Crippen molar-refractivity contribution in [3.05, 3.63) is 59.8 Å². The molecule has 1 aliphatic carbocycles. The van der Waals surface area contributed by atoms with Crippen LogP contribution in [0.2, 0.25) is 0 Å². The molecule has 36 heavy (non-hydrogen) atoms. The summed E-state index contributed by atoms with van der Waals surface area (Å²) in [6.45, 7) is 2.10. The van der Waals surface area contributed by atoms with Crippen molar-refractivity contribution in [2.75, 3.05) is 20.3 Å². The van der Waals surface area contributed by atoms with Crippen LogP contribution in [-0.2, 0) is 29.5 Å². The highest BCUT2D eigenvalue weighted by Crippen LogP contribution is 2.39. The first-order valence-electron chi connectivity index (χ1n) is 12.1. The minimum atomic E-state index is -0.483. The number of Topliss-reactive ketones (excluding diaryl/α,β-unsaturated/α-hetero) is 1. The molecule has 0 atom stereocenters. The van der Waals surface area contributed by atoms with Crippen LogP contribution in [0, 0.1) is 11.7 Å². The van der Waals surface area contributed by atoms with Gasteiger partial charge in [-0.15, -0.1) is 11.3 Å². The van der Waals surface area contributed by atoms with Crippen LogP contribution in [0.1, 0.15) is 30.5 Å². The van der Waals surface area contributed by atoms with Crippen molar-refractivity contribution >= 4 is 27.3 Å². The van der Waals surface area contributed by atoms with Crippen molar-refractivity contribution in [3.63, 3.8) is 0 Å². The number of imidazole rings is 1. The summed E-state index contributed by atoms with van der Waals surface area (Å²) in [4.78, 5) is 22.2. The number of halogens is 1. The smallest absolute Gasteiger partial charge is 0.166 e. The summed E-state index contributed by atoms with van der Waals surface area (Å²) < 4.78 is 28.8. The van der Waals surface area contributed by atoms with Crippen LogP contribution in [0.15, 0.2) is 42.7 Å². The number of thiophene rings is 1. The first kappa shape index (κ1) is 24.5. The predicted octanol–water partition coefficient (Wildman–Crippen LogP) is 5.28.